The van der Waals surface area contributed by atoms with E-state index >= 15 is 0 Å². The minimum atomic E-state index is -0.531. The molecule has 1 fully saturated rings. The first-order valence-electron chi connectivity index (χ1n) is 8.76. The molecular weight excluding hydrogens is 318 g/mol. The highest BCUT2D eigenvalue weighted by atomic mass is 35.5. The molecule has 2 atom stereocenters. The zero-order valence-electron chi connectivity index (χ0n) is 14.5. The van der Waals surface area contributed by atoms with Gasteiger partial charge in [0.2, 0.25) is 0 Å². The molecule has 24 heavy (non-hydrogen) atoms. The first-order chi connectivity index (χ1) is 11.6. The van der Waals surface area contributed by atoms with Gasteiger partial charge < -0.3 is 9.64 Å². The first-order valence-corrected chi connectivity index (χ1v) is 9.14. The summed E-state index contributed by atoms with van der Waals surface area (Å²) in [5.74, 6) is 0. The molecule has 0 radical (unpaired) electrons. The standard InChI is InChI=1S/C21H26ClNO/c1-21(17-9-4-3-5-10-17,19-12-6-7-13-20(19)22)24-16-14-18-11-8-15-23(18)2/h3-7,9-10,12-13,18H,8,11,14-16H2,1-2H3/t18-,21-/m1/s1. The molecule has 1 saturated heterocycles. The van der Waals surface area contributed by atoms with E-state index in [1.807, 2.05) is 24.3 Å². The lowest BCUT2D eigenvalue weighted by molar-refractivity contribution is -0.0116. The molecule has 128 valence electrons. The third-order valence-corrected chi connectivity index (χ3v) is 5.56. The van der Waals surface area contributed by atoms with E-state index in [0.717, 1.165) is 29.2 Å². The monoisotopic (exact) mass is 343 g/mol. The van der Waals surface area contributed by atoms with Crippen LogP contribution in [0.4, 0.5) is 0 Å². The zero-order chi connectivity index (χ0) is 17.0. The van der Waals surface area contributed by atoms with Crippen LogP contribution in [0.3, 0.4) is 0 Å². The molecule has 1 aliphatic heterocycles. The van der Waals surface area contributed by atoms with Gasteiger partial charge in [0.25, 0.3) is 0 Å². The summed E-state index contributed by atoms with van der Waals surface area (Å²) in [4.78, 5) is 2.44. The predicted molar refractivity (Wildman–Crippen MR) is 101 cm³/mol. The van der Waals surface area contributed by atoms with E-state index in [4.69, 9.17) is 16.3 Å². The van der Waals surface area contributed by atoms with Crippen molar-refractivity contribution in [2.75, 3.05) is 20.2 Å². The van der Waals surface area contributed by atoms with E-state index in [-0.39, 0.29) is 0 Å². The number of likely N-dealkylation sites (tertiary alicyclic amines) is 1. The number of halogens is 1. The van der Waals surface area contributed by atoms with Gasteiger partial charge in [-0.25, -0.2) is 0 Å². The van der Waals surface area contributed by atoms with Crippen LogP contribution in [0.2, 0.25) is 5.02 Å². The summed E-state index contributed by atoms with van der Waals surface area (Å²) in [7, 11) is 2.21. The number of rotatable bonds is 6. The second kappa shape index (κ2) is 7.69. The van der Waals surface area contributed by atoms with Gasteiger partial charge in [-0.3, -0.25) is 0 Å². The van der Waals surface area contributed by atoms with Crippen LogP contribution in [-0.2, 0) is 10.3 Å². The number of benzene rings is 2. The summed E-state index contributed by atoms with van der Waals surface area (Å²) in [6, 6.07) is 19.0. The van der Waals surface area contributed by atoms with Crippen molar-refractivity contribution in [2.24, 2.45) is 0 Å². The van der Waals surface area contributed by atoms with Gasteiger partial charge in [-0.1, -0.05) is 60.1 Å². The molecule has 0 saturated carbocycles. The molecule has 0 aliphatic carbocycles. The second-order valence-corrected chi connectivity index (χ2v) is 7.20. The molecule has 0 N–H and O–H groups in total. The summed E-state index contributed by atoms with van der Waals surface area (Å²) in [5.41, 5.74) is 1.63. The quantitative estimate of drug-likeness (QED) is 0.723. The highest BCUT2D eigenvalue weighted by Gasteiger charge is 2.32. The largest absolute Gasteiger partial charge is 0.366 e. The summed E-state index contributed by atoms with van der Waals surface area (Å²) in [5, 5.41) is 0.752. The van der Waals surface area contributed by atoms with Gasteiger partial charge in [0.15, 0.2) is 0 Å². The molecule has 2 aromatic carbocycles. The highest BCUT2D eigenvalue weighted by molar-refractivity contribution is 6.31. The second-order valence-electron chi connectivity index (χ2n) is 6.79. The maximum atomic E-state index is 6.50. The number of ether oxygens (including phenoxy) is 1. The fourth-order valence-corrected chi connectivity index (χ4v) is 3.98. The molecule has 3 heteroatoms. The normalized spacial score (nSPS) is 20.9. The molecule has 0 amide bonds. The van der Waals surface area contributed by atoms with Crippen LogP contribution in [0.15, 0.2) is 54.6 Å². The minimum Gasteiger partial charge on any atom is -0.366 e. The Morgan fingerprint density at radius 2 is 1.83 bits per heavy atom. The van der Waals surface area contributed by atoms with Crippen LogP contribution >= 0.6 is 11.6 Å². The van der Waals surface area contributed by atoms with Gasteiger partial charge in [0, 0.05) is 23.2 Å². The molecule has 2 nitrogen and oxygen atoms in total. The van der Waals surface area contributed by atoms with Crippen LogP contribution in [0.1, 0.15) is 37.3 Å². The van der Waals surface area contributed by atoms with Crippen LogP contribution in [-0.4, -0.2) is 31.1 Å². The van der Waals surface area contributed by atoms with Gasteiger partial charge in [0.1, 0.15) is 5.60 Å². The van der Waals surface area contributed by atoms with Gasteiger partial charge in [-0.15, -0.1) is 0 Å². The van der Waals surface area contributed by atoms with Crippen molar-refractivity contribution in [1.82, 2.24) is 4.90 Å². The van der Waals surface area contributed by atoms with Crippen molar-refractivity contribution in [1.29, 1.82) is 0 Å². The Bertz CT molecular complexity index is 660. The van der Waals surface area contributed by atoms with Crippen molar-refractivity contribution in [3.8, 4) is 0 Å². The van der Waals surface area contributed by atoms with E-state index in [9.17, 15) is 0 Å². The fraction of sp³-hybridized carbons (Fsp3) is 0.429. The Labute approximate surface area is 150 Å². The van der Waals surface area contributed by atoms with Crippen molar-refractivity contribution < 1.29 is 4.74 Å². The third kappa shape index (κ3) is 3.66. The fourth-order valence-electron chi connectivity index (χ4n) is 3.66. The SMILES string of the molecule is CN1CCC[C@@H]1CCO[C@](C)(c1ccccc1)c1ccccc1Cl. The Morgan fingerprint density at radius 1 is 1.12 bits per heavy atom. The maximum Gasteiger partial charge on any atom is 0.117 e. The minimum absolute atomic E-state index is 0.531. The van der Waals surface area contributed by atoms with Crippen LogP contribution in [0, 0.1) is 0 Å². The highest BCUT2D eigenvalue weighted by Crippen LogP contribution is 2.37. The lowest BCUT2D eigenvalue weighted by Gasteiger charge is -2.33. The Balaban J connectivity index is 1.82. The van der Waals surface area contributed by atoms with Gasteiger partial charge >= 0.3 is 0 Å². The topological polar surface area (TPSA) is 12.5 Å². The maximum absolute atomic E-state index is 6.50. The van der Waals surface area contributed by atoms with Crippen molar-refractivity contribution in [3.63, 3.8) is 0 Å². The molecule has 1 heterocycles. The van der Waals surface area contributed by atoms with Crippen LogP contribution < -0.4 is 0 Å². The summed E-state index contributed by atoms with van der Waals surface area (Å²) in [6.45, 7) is 4.05. The molecule has 0 aromatic heterocycles. The predicted octanol–water partition coefficient (Wildman–Crippen LogP) is 5.10. The lowest BCUT2D eigenvalue weighted by atomic mass is 9.87. The Kier molecular flexibility index (Phi) is 5.60. The average molecular weight is 344 g/mol. The van der Waals surface area contributed by atoms with E-state index < -0.39 is 5.60 Å². The lowest BCUT2D eigenvalue weighted by Crippen LogP contribution is -2.31. The Morgan fingerprint density at radius 3 is 2.50 bits per heavy atom. The zero-order valence-corrected chi connectivity index (χ0v) is 15.3. The number of nitrogens with zero attached hydrogens (tertiary/aromatic N) is 1. The summed E-state index contributed by atoms with van der Waals surface area (Å²) < 4.78 is 6.48. The summed E-state index contributed by atoms with van der Waals surface area (Å²) in [6.07, 6.45) is 3.62. The van der Waals surface area contributed by atoms with Crippen LogP contribution in [0.25, 0.3) is 0 Å². The van der Waals surface area contributed by atoms with E-state index in [1.165, 1.54) is 19.4 Å². The van der Waals surface area contributed by atoms with Gasteiger partial charge in [-0.05, 0) is 51.4 Å². The van der Waals surface area contributed by atoms with Gasteiger partial charge in [0.05, 0.1) is 0 Å². The number of hydrogen-bond donors (Lipinski definition) is 0. The van der Waals surface area contributed by atoms with E-state index in [2.05, 4.69) is 49.2 Å². The van der Waals surface area contributed by atoms with E-state index in [1.54, 1.807) is 0 Å². The molecular formula is C21H26ClNO. The molecule has 2 aromatic rings. The average Bonchev–Trinajstić information content (AvgIpc) is 3.01. The summed E-state index contributed by atoms with van der Waals surface area (Å²) >= 11 is 6.50. The molecule has 0 bridgehead atoms. The molecule has 1 aliphatic rings. The number of hydrogen-bond acceptors (Lipinski definition) is 2. The van der Waals surface area contributed by atoms with Gasteiger partial charge in [-0.2, -0.15) is 0 Å². The molecule has 0 unspecified atom stereocenters. The van der Waals surface area contributed by atoms with Crippen LogP contribution in [0.5, 0.6) is 0 Å². The van der Waals surface area contributed by atoms with Crippen molar-refractivity contribution in [3.05, 3.63) is 70.7 Å². The molecule has 3 rings (SSSR count). The first kappa shape index (κ1) is 17.5. The third-order valence-electron chi connectivity index (χ3n) is 5.23. The molecule has 0 spiro atoms. The smallest absolute Gasteiger partial charge is 0.117 e. The van der Waals surface area contributed by atoms with Crippen molar-refractivity contribution >= 4 is 11.6 Å². The van der Waals surface area contributed by atoms with E-state index in [0.29, 0.717) is 6.04 Å². The Hall–Kier alpha value is -1.35. The van der Waals surface area contributed by atoms with Crippen molar-refractivity contribution in [2.45, 2.75) is 37.8 Å².